The Morgan fingerprint density at radius 3 is 2.75 bits per heavy atom. The third-order valence-corrected chi connectivity index (χ3v) is 2.93. The molecule has 3 nitrogen and oxygen atoms in total. The van der Waals surface area contributed by atoms with Crippen molar-refractivity contribution in [2.75, 3.05) is 7.11 Å². The summed E-state index contributed by atoms with van der Waals surface area (Å²) < 4.78 is 4.64. The quantitative estimate of drug-likeness (QED) is 0.537. The van der Waals surface area contributed by atoms with Crippen LogP contribution in [0.1, 0.15) is 45.5 Å². The van der Waals surface area contributed by atoms with Crippen molar-refractivity contribution in [2.24, 2.45) is 0 Å². The van der Waals surface area contributed by atoms with Crippen LogP contribution in [0.15, 0.2) is 18.2 Å². The van der Waals surface area contributed by atoms with Crippen LogP contribution in [-0.4, -0.2) is 18.9 Å². The number of hydrogen-bond acceptors (Lipinski definition) is 3. The minimum absolute atomic E-state index is 0.137. The topological polar surface area (TPSA) is 43.4 Å². The third-order valence-electron chi connectivity index (χ3n) is 2.93. The maximum Gasteiger partial charge on any atom is 0.337 e. The second kappa shape index (κ2) is 4.47. The number of ketones is 1. The van der Waals surface area contributed by atoms with Crippen LogP contribution in [0.3, 0.4) is 0 Å². The van der Waals surface area contributed by atoms with Crippen LogP contribution < -0.4 is 0 Å². The zero-order chi connectivity index (χ0) is 11.5. The van der Waals surface area contributed by atoms with Gasteiger partial charge in [0.15, 0.2) is 5.78 Å². The summed E-state index contributed by atoms with van der Waals surface area (Å²) >= 11 is 0. The molecule has 0 unspecified atom stereocenters. The first kappa shape index (κ1) is 10.9. The van der Waals surface area contributed by atoms with Gasteiger partial charge in [-0.05, 0) is 37.0 Å². The fraction of sp³-hybridized carbons (Fsp3) is 0.385. The van der Waals surface area contributed by atoms with Crippen molar-refractivity contribution in [3.8, 4) is 0 Å². The molecule has 0 N–H and O–H groups in total. The number of carbonyl (C=O) groups is 2. The van der Waals surface area contributed by atoms with Crippen molar-refractivity contribution in [1.82, 2.24) is 0 Å². The largest absolute Gasteiger partial charge is 0.465 e. The molecule has 1 aromatic rings. The van der Waals surface area contributed by atoms with Gasteiger partial charge in [0.1, 0.15) is 0 Å². The average Bonchev–Trinajstić information content (AvgIpc) is 2.50. The summed E-state index contributed by atoms with van der Waals surface area (Å²) in [5, 5.41) is 0. The standard InChI is InChI=1S/C13H14O3/c1-16-13(15)10-7-6-9-4-2-3-5-12(14)11(9)8-10/h6-8H,2-5H2,1H3. The summed E-state index contributed by atoms with van der Waals surface area (Å²) in [6.45, 7) is 0. The number of ether oxygens (including phenoxy) is 1. The predicted molar refractivity (Wildman–Crippen MR) is 59.7 cm³/mol. The number of carbonyl (C=O) groups excluding carboxylic acids is 2. The van der Waals surface area contributed by atoms with Crippen molar-refractivity contribution >= 4 is 11.8 Å². The van der Waals surface area contributed by atoms with E-state index in [1.807, 2.05) is 6.07 Å². The highest BCUT2D eigenvalue weighted by Gasteiger charge is 2.17. The van der Waals surface area contributed by atoms with Crippen molar-refractivity contribution in [1.29, 1.82) is 0 Å². The molecule has 16 heavy (non-hydrogen) atoms. The van der Waals surface area contributed by atoms with E-state index in [4.69, 9.17) is 0 Å². The number of benzene rings is 1. The Morgan fingerprint density at radius 2 is 2.00 bits per heavy atom. The second-order valence-electron chi connectivity index (χ2n) is 3.99. The summed E-state index contributed by atoms with van der Waals surface area (Å²) in [5.41, 5.74) is 2.20. The lowest BCUT2D eigenvalue weighted by Crippen LogP contribution is -2.06. The number of methoxy groups -OCH3 is 1. The van der Waals surface area contributed by atoms with Gasteiger partial charge in [-0.2, -0.15) is 0 Å². The average molecular weight is 218 g/mol. The molecule has 0 spiro atoms. The van der Waals surface area contributed by atoms with Gasteiger partial charge in [0.05, 0.1) is 12.7 Å². The summed E-state index contributed by atoms with van der Waals surface area (Å²) in [6.07, 6.45) is 3.47. The van der Waals surface area contributed by atoms with Gasteiger partial charge in [0.25, 0.3) is 0 Å². The van der Waals surface area contributed by atoms with Crippen molar-refractivity contribution in [3.63, 3.8) is 0 Å². The van der Waals surface area contributed by atoms with Crippen molar-refractivity contribution < 1.29 is 14.3 Å². The first-order valence-corrected chi connectivity index (χ1v) is 5.47. The van der Waals surface area contributed by atoms with E-state index in [9.17, 15) is 9.59 Å². The molecule has 0 bridgehead atoms. The zero-order valence-electron chi connectivity index (χ0n) is 9.29. The first-order valence-electron chi connectivity index (χ1n) is 5.47. The molecular formula is C13H14O3. The normalized spacial score (nSPS) is 15.2. The molecule has 84 valence electrons. The highest BCUT2D eigenvalue weighted by atomic mass is 16.5. The minimum atomic E-state index is -0.389. The molecule has 0 radical (unpaired) electrons. The number of aryl methyl sites for hydroxylation is 1. The molecule has 0 fully saturated rings. The molecule has 2 rings (SSSR count). The van der Waals surface area contributed by atoms with E-state index in [0.717, 1.165) is 24.8 Å². The highest BCUT2D eigenvalue weighted by molar-refractivity contribution is 6.00. The molecule has 0 aliphatic heterocycles. The van der Waals surface area contributed by atoms with Gasteiger partial charge >= 0.3 is 5.97 Å². The first-order chi connectivity index (χ1) is 7.72. The molecule has 0 saturated heterocycles. The van der Waals surface area contributed by atoms with E-state index in [1.165, 1.54) is 7.11 Å². The number of esters is 1. The zero-order valence-corrected chi connectivity index (χ0v) is 9.29. The van der Waals surface area contributed by atoms with E-state index in [-0.39, 0.29) is 11.8 Å². The lowest BCUT2D eigenvalue weighted by Gasteiger charge is -2.06. The van der Waals surface area contributed by atoms with Crippen LogP contribution >= 0.6 is 0 Å². The highest BCUT2D eigenvalue weighted by Crippen LogP contribution is 2.22. The van der Waals surface area contributed by atoms with E-state index < -0.39 is 0 Å². The molecule has 0 aromatic heterocycles. The van der Waals surface area contributed by atoms with Gasteiger partial charge in [0.2, 0.25) is 0 Å². The maximum absolute atomic E-state index is 11.8. The molecule has 1 aliphatic rings. The predicted octanol–water partition coefficient (Wildman–Crippen LogP) is 2.38. The summed E-state index contributed by atoms with van der Waals surface area (Å²) in [6, 6.07) is 5.25. The van der Waals surface area contributed by atoms with Crippen LogP contribution in [0, 0.1) is 0 Å². The fourth-order valence-electron chi connectivity index (χ4n) is 2.03. The minimum Gasteiger partial charge on any atom is -0.465 e. The summed E-state index contributed by atoms with van der Waals surface area (Å²) in [7, 11) is 1.34. The van der Waals surface area contributed by atoms with Gasteiger partial charge in [0, 0.05) is 12.0 Å². The number of hydrogen-bond donors (Lipinski definition) is 0. The summed E-state index contributed by atoms with van der Waals surface area (Å²) in [5.74, 6) is -0.252. The molecule has 0 saturated carbocycles. The van der Waals surface area contributed by atoms with Gasteiger partial charge in [-0.25, -0.2) is 4.79 Å². The molecule has 0 atom stereocenters. The molecule has 1 aromatic carbocycles. The van der Waals surface area contributed by atoms with E-state index >= 15 is 0 Å². The van der Waals surface area contributed by atoms with Crippen LogP contribution in [0.5, 0.6) is 0 Å². The Morgan fingerprint density at radius 1 is 1.25 bits per heavy atom. The Kier molecular flexibility index (Phi) is 3.04. The van der Waals surface area contributed by atoms with E-state index in [2.05, 4.69) is 4.74 Å². The van der Waals surface area contributed by atoms with E-state index in [0.29, 0.717) is 17.5 Å². The number of rotatable bonds is 1. The Balaban J connectivity index is 2.43. The van der Waals surface area contributed by atoms with E-state index in [1.54, 1.807) is 12.1 Å². The second-order valence-corrected chi connectivity index (χ2v) is 3.99. The van der Waals surface area contributed by atoms with Crippen LogP contribution in [0.4, 0.5) is 0 Å². The van der Waals surface area contributed by atoms with Crippen LogP contribution in [-0.2, 0) is 11.2 Å². The van der Waals surface area contributed by atoms with Crippen molar-refractivity contribution in [3.05, 3.63) is 34.9 Å². The lowest BCUT2D eigenvalue weighted by molar-refractivity contribution is 0.0600. The van der Waals surface area contributed by atoms with Gasteiger partial charge < -0.3 is 4.74 Å². The SMILES string of the molecule is COC(=O)c1ccc2c(c1)C(=O)CCCC2. The van der Waals surface area contributed by atoms with Crippen LogP contribution in [0.2, 0.25) is 0 Å². The maximum atomic E-state index is 11.8. The monoisotopic (exact) mass is 218 g/mol. The molecule has 0 heterocycles. The molecule has 3 heteroatoms. The summed E-state index contributed by atoms with van der Waals surface area (Å²) in [4.78, 5) is 23.2. The van der Waals surface area contributed by atoms with Gasteiger partial charge in [-0.15, -0.1) is 0 Å². The Hall–Kier alpha value is -1.64. The van der Waals surface area contributed by atoms with Gasteiger partial charge in [-0.1, -0.05) is 6.07 Å². The number of Topliss-reactive ketones (excluding diaryl/α,β-unsaturated/α-hetero) is 1. The molecule has 1 aliphatic carbocycles. The molecule has 0 amide bonds. The van der Waals surface area contributed by atoms with Crippen molar-refractivity contribution in [2.45, 2.75) is 25.7 Å². The Bertz CT molecular complexity index is 435. The Labute approximate surface area is 94.4 Å². The van der Waals surface area contributed by atoms with Gasteiger partial charge in [-0.3, -0.25) is 4.79 Å². The third kappa shape index (κ3) is 1.98. The fourth-order valence-corrected chi connectivity index (χ4v) is 2.03. The molecular weight excluding hydrogens is 204 g/mol. The number of fused-ring (bicyclic) bond motifs is 1. The lowest BCUT2D eigenvalue weighted by atomic mass is 9.99. The van der Waals surface area contributed by atoms with Crippen LogP contribution in [0.25, 0.3) is 0 Å². The smallest absolute Gasteiger partial charge is 0.337 e.